The number of methoxy groups -OCH3 is 1. The first kappa shape index (κ1) is 19.7. The van der Waals surface area contributed by atoms with Crippen molar-refractivity contribution in [3.8, 4) is 0 Å². The lowest BCUT2D eigenvalue weighted by molar-refractivity contribution is -0.291. The van der Waals surface area contributed by atoms with Crippen molar-refractivity contribution in [2.45, 2.75) is 81.4 Å². The number of epoxide rings is 1. The molecule has 5 aliphatic rings. The number of rotatable bonds is 3. The van der Waals surface area contributed by atoms with E-state index in [-0.39, 0.29) is 6.42 Å². The van der Waals surface area contributed by atoms with Crippen LogP contribution in [0.15, 0.2) is 0 Å². The standard InChI is InChI=1S/C20H28O9/c1-7(21)8-6-19(29-15(8)22)13-14(28-13)20(25)10-9(17(2,3)24)11(27-16(10)23)12(26-5)18(19,20)4/h7-14,21,24-25H,6H2,1-5H3/t7?,8-,9-,10-,11-,12+,13+,14-,18-,19+,20-/m0/s1. The Balaban J connectivity index is 1.71. The summed E-state index contributed by atoms with van der Waals surface area (Å²) in [5, 5.41) is 33.1. The number of hydrogen-bond donors (Lipinski definition) is 3. The van der Waals surface area contributed by atoms with Crippen molar-refractivity contribution in [2.75, 3.05) is 7.11 Å². The van der Waals surface area contributed by atoms with Gasteiger partial charge < -0.3 is 34.3 Å². The monoisotopic (exact) mass is 412 g/mol. The van der Waals surface area contributed by atoms with Crippen LogP contribution < -0.4 is 0 Å². The van der Waals surface area contributed by atoms with Gasteiger partial charge in [-0.05, 0) is 20.8 Å². The average molecular weight is 412 g/mol. The second kappa shape index (κ2) is 5.31. The number of ether oxygens (including phenoxy) is 4. The van der Waals surface area contributed by atoms with E-state index < -0.39 is 82.4 Å². The molecular weight excluding hydrogens is 384 g/mol. The highest BCUT2D eigenvalue weighted by Gasteiger charge is 2.93. The molecule has 2 bridgehead atoms. The Labute approximate surface area is 168 Å². The molecule has 5 rings (SSSR count). The van der Waals surface area contributed by atoms with Gasteiger partial charge in [0.15, 0.2) is 5.60 Å². The molecule has 0 aromatic carbocycles. The highest BCUT2D eigenvalue weighted by Crippen LogP contribution is 2.75. The molecule has 1 spiro atoms. The van der Waals surface area contributed by atoms with Gasteiger partial charge in [-0.1, -0.05) is 6.92 Å². The average Bonchev–Trinajstić information content (AvgIpc) is 3.20. The van der Waals surface area contributed by atoms with Crippen LogP contribution in [0.3, 0.4) is 0 Å². The highest BCUT2D eigenvalue weighted by molar-refractivity contribution is 5.81. The zero-order valence-corrected chi connectivity index (χ0v) is 17.1. The molecule has 29 heavy (non-hydrogen) atoms. The molecule has 9 nitrogen and oxygen atoms in total. The minimum atomic E-state index is -1.76. The second-order valence-corrected chi connectivity index (χ2v) is 10.1. The van der Waals surface area contributed by atoms with Crippen LogP contribution in [0.2, 0.25) is 0 Å². The van der Waals surface area contributed by atoms with Gasteiger partial charge in [-0.15, -0.1) is 0 Å². The summed E-state index contributed by atoms with van der Waals surface area (Å²) in [5.41, 5.74) is -5.59. The van der Waals surface area contributed by atoms with Crippen molar-refractivity contribution in [1.29, 1.82) is 0 Å². The van der Waals surface area contributed by atoms with E-state index in [0.29, 0.717) is 0 Å². The molecule has 5 fully saturated rings. The molecule has 0 aromatic heterocycles. The zero-order chi connectivity index (χ0) is 21.3. The number of esters is 2. The van der Waals surface area contributed by atoms with Gasteiger partial charge in [0.1, 0.15) is 30.0 Å². The minimum absolute atomic E-state index is 0.143. The first-order valence-electron chi connectivity index (χ1n) is 10.1. The van der Waals surface area contributed by atoms with Crippen molar-refractivity contribution >= 4 is 11.9 Å². The van der Waals surface area contributed by atoms with Gasteiger partial charge in [0.05, 0.1) is 29.0 Å². The fraction of sp³-hybridized carbons (Fsp3) is 0.900. The zero-order valence-electron chi connectivity index (χ0n) is 17.1. The molecule has 3 aliphatic heterocycles. The van der Waals surface area contributed by atoms with E-state index in [0.717, 1.165) is 0 Å². The third kappa shape index (κ3) is 1.90. The number of carbonyl (C=O) groups is 2. The van der Waals surface area contributed by atoms with Gasteiger partial charge in [-0.2, -0.15) is 0 Å². The summed E-state index contributed by atoms with van der Waals surface area (Å²) >= 11 is 0. The summed E-state index contributed by atoms with van der Waals surface area (Å²) in [6, 6.07) is 0. The number of aliphatic hydroxyl groups excluding tert-OH is 1. The quantitative estimate of drug-likeness (QED) is 0.400. The molecule has 1 unspecified atom stereocenters. The molecule has 9 heteroatoms. The van der Waals surface area contributed by atoms with Crippen LogP contribution >= 0.6 is 0 Å². The Bertz CT molecular complexity index is 789. The Morgan fingerprint density at radius 2 is 1.90 bits per heavy atom. The van der Waals surface area contributed by atoms with Crippen LogP contribution in [0.1, 0.15) is 34.1 Å². The second-order valence-electron chi connectivity index (χ2n) is 10.1. The first-order valence-corrected chi connectivity index (χ1v) is 10.1. The summed E-state index contributed by atoms with van der Waals surface area (Å²) in [6.07, 6.45) is -3.82. The van der Waals surface area contributed by atoms with Gasteiger partial charge >= 0.3 is 11.9 Å². The van der Waals surface area contributed by atoms with E-state index in [1.165, 1.54) is 14.0 Å². The van der Waals surface area contributed by atoms with E-state index >= 15 is 0 Å². The number of fused-ring (bicyclic) bond motifs is 8. The van der Waals surface area contributed by atoms with Gasteiger partial charge in [0.25, 0.3) is 0 Å². The van der Waals surface area contributed by atoms with E-state index in [1.807, 2.05) is 0 Å². The predicted molar refractivity (Wildman–Crippen MR) is 94.3 cm³/mol. The van der Waals surface area contributed by atoms with E-state index in [1.54, 1.807) is 20.8 Å². The summed E-state index contributed by atoms with van der Waals surface area (Å²) in [5.74, 6) is -3.71. The highest BCUT2D eigenvalue weighted by atomic mass is 16.7. The maximum atomic E-state index is 12.9. The molecule has 0 amide bonds. The summed E-state index contributed by atoms with van der Waals surface area (Å²) in [4.78, 5) is 25.5. The van der Waals surface area contributed by atoms with Crippen LogP contribution in [-0.2, 0) is 28.5 Å². The van der Waals surface area contributed by atoms with Gasteiger partial charge in [0.2, 0.25) is 0 Å². The Kier molecular flexibility index (Phi) is 3.61. The van der Waals surface area contributed by atoms with Gasteiger partial charge in [-0.25, -0.2) is 0 Å². The molecular formula is C20H28O9. The van der Waals surface area contributed by atoms with Gasteiger partial charge in [0, 0.05) is 19.4 Å². The molecule has 2 aliphatic carbocycles. The predicted octanol–water partition coefficient (Wildman–Crippen LogP) is -0.855. The molecule has 0 aromatic rings. The summed E-state index contributed by atoms with van der Waals surface area (Å²) in [6.45, 7) is 6.42. The first-order chi connectivity index (χ1) is 13.4. The molecule has 162 valence electrons. The van der Waals surface area contributed by atoms with Crippen molar-refractivity contribution < 1.29 is 43.9 Å². The Hall–Kier alpha value is -1.26. The summed E-state index contributed by atoms with van der Waals surface area (Å²) < 4.78 is 23.1. The number of aliphatic hydroxyl groups is 3. The molecule has 3 saturated heterocycles. The largest absolute Gasteiger partial charge is 0.459 e. The van der Waals surface area contributed by atoms with Crippen LogP contribution in [0.4, 0.5) is 0 Å². The van der Waals surface area contributed by atoms with Crippen molar-refractivity contribution in [3.63, 3.8) is 0 Å². The number of carbonyl (C=O) groups excluding carboxylic acids is 2. The Morgan fingerprint density at radius 3 is 2.41 bits per heavy atom. The lowest BCUT2D eigenvalue weighted by Crippen LogP contribution is -2.74. The molecule has 2 saturated carbocycles. The van der Waals surface area contributed by atoms with E-state index in [4.69, 9.17) is 18.9 Å². The third-order valence-electron chi connectivity index (χ3n) is 8.42. The van der Waals surface area contributed by atoms with E-state index in [2.05, 4.69) is 0 Å². The van der Waals surface area contributed by atoms with Crippen molar-refractivity contribution in [3.05, 3.63) is 0 Å². The topological polar surface area (TPSA) is 135 Å². The van der Waals surface area contributed by atoms with Crippen LogP contribution in [0.25, 0.3) is 0 Å². The number of hydrogen-bond acceptors (Lipinski definition) is 9. The van der Waals surface area contributed by atoms with Crippen molar-refractivity contribution in [2.24, 2.45) is 23.2 Å². The lowest BCUT2D eigenvalue weighted by atomic mass is 9.49. The SMILES string of the molecule is CO[C@@H]1[C@H]2OC(=O)[C@H]([C@@H]2C(C)(C)O)[C@]2(O)[C@H]3O[C@H]3[C@]3(C[C@@H](C(C)O)C(=O)O3)[C@]12C. The van der Waals surface area contributed by atoms with Crippen LogP contribution in [-0.4, -0.2) is 81.7 Å². The van der Waals surface area contributed by atoms with Gasteiger partial charge in [-0.3, -0.25) is 9.59 Å². The minimum Gasteiger partial charge on any atom is -0.459 e. The summed E-state index contributed by atoms with van der Waals surface area (Å²) in [7, 11) is 1.45. The van der Waals surface area contributed by atoms with Crippen molar-refractivity contribution in [1.82, 2.24) is 0 Å². The fourth-order valence-electron chi connectivity index (χ4n) is 7.10. The normalized spacial score (nSPS) is 56.1. The van der Waals surface area contributed by atoms with Crippen LogP contribution in [0, 0.1) is 23.2 Å². The molecule has 0 radical (unpaired) electrons. The smallest absolute Gasteiger partial charge is 0.312 e. The lowest BCUT2D eigenvalue weighted by Gasteiger charge is -2.59. The fourth-order valence-corrected chi connectivity index (χ4v) is 7.10. The molecule has 3 N–H and O–H groups in total. The molecule has 3 heterocycles. The van der Waals surface area contributed by atoms with E-state index in [9.17, 15) is 24.9 Å². The molecule has 11 atom stereocenters. The maximum absolute atomic E-state index is 12.9. The van der Waals surface area contributed by atoms with Crippen LogP contribution in [0.5, 0.6) is 0 Å². The Morgan fingerprint density at radius 1 is 1.24 bits per heavy atom. The maximum Gasteiger partial charge on any atom is 0.312 e. The third-order valence-corrected chi connectivity index (χ3v) is 8.42.